The smallest absolute Gasteiger partial charge is 0.873 e. The Kier molecular flexibility index (Phi) is 11.9. The predicted octanol–water partition coefficient (Wildman–Crippen LogP) is 10.5. The second-order valence-corrected chi connectivity index (χ2v) is 15.4. The van der Waals surface area contributed by atoms with E-state index in [0.717, 1.165) is 40.3 Å². The summed E-state index contributed by atoms with van der Waals surface area (Å²) in [5, 5.41) is 27.3. The first-order chi connectivity index (χ1) is 23.5. The molecule has 51 heavy (non-hydrogen) atoms. The van der Waals surface area contributed by atoms with Gasteiger partial charge in [0.05, 0.1) is 29.4 Å². The summed E-state index contributed by atoms with van der Waals surface area (Å²) in [6.07, 6.45) is 0.863. The summed E-state index contributed by atoms with van der Waals surface area (Å²) in [6.45, 7) is 22.6. The summed E-state index contributed by atoms with van der Waals surface area (Å²) in [5.41, 5.74) is 11.3. The van der Waals surface area contributed by atoms with Crippen LogP contribution in [-0.2, 0) is 27.3 Å². The Bertz CT molecular complexity index is 1990. The van der Waals surface area contributed by atoms with Gasteiger partial charge in [-0.3, -0.25) is 0 Å². The monoisotopic (exact) mass is 724 g/mol. The molecule has 0 aromatic heterocycles. The van der Waals surface area contributed by atoms with Gasteiger partial charge in [-0.15, -0.1) is 11.5 Å². The van der Waals surface area contributed by atoms with Crippen LogP contribution in [0.1, 0.15) is 99.4 Å². The average molecular weight is 726 g/mol. The normalized spacial score (nSPS) is 14.0. The van der Waals surface area contributed by atoms with E-state index in [1.807, 2.05) is 48.5 Å². The van der Waals surface area contributed by atoms with Crippen molar-refractivity contribution in [2.45, 2.75) is 93.4 Å². The molecule has 0 unspecified atom stereocenters. The summed E-state index contributed by atoms with van der Waals surface area (Å²) in [4.78, 5) is 10.4. The number of hydrogen-bond donors (Lipinski definition) is 0. The van der Waals surface area contributed by atoms with E-state index in [1.165, 1.54) is 33.0 Å². The van der Waals surface area contributed by atoms with Crippen LogP contribution in [-0.4, -0.2) is 18.0 Å². The molecule has 6 heteroatoms. The number of nitrogens with zero attached hydrogens (tertiary/aromatic N) is 2. The van der Waals surface area contributed by atoms with Gasteiger partial charge in [-0.05, 0) is 89.8 Å². The topological polar surface area (TPSA) is 80.1 Å². The number of para-hydroxylation sites is 2. The molecule has 268 valence electrons. The van der Waals surface area contributed by atoms with Gasteiger partial charge in [0.25, 0.3) is 0 Å². The van der Waals surface area contributed by atoms with E-state index in [-0.39, 0.29) is 21.9 Å². The van der Waals surface area contributed by atoms with Gasteiger partial charge in [-0.25, -0.2) is 9.98 Å². The first-order valence-electron chi connectivity index (χ1n) is 17.6. The quantitative estimate of drug-likeness (QED) is 0.169. The molecule has 5 aromatic carbocycles. The van der Waals surface area contributed by atoms with E-state index in [9.17, 15) is 10.2 Å². The molecule has 0 fully saturated rings. The Balaban J connectivity index is 0.000000245. The van der Waals surface area contributed by atoms with Crippen LogP contribution in [0, 0.1) is 27.7 Å². The number of rotatable bonds is 5. The van der Waals surface area contributed by atoms with Gasteiger partial charge in [0.15, 0.2) is 0 Å². The van der Waals surface area contributed by atoms with Gasteiger partial charge in [-0.2, -0.15) is 0 Å². The third-order valence-electron chi connectivity index (χ3n) is 9.18. The third kappa shape index (κ3) is 8.07. The Morgan fingerprint density at radius 1 is 0.608 bits per heavy atom. The van der Waals surface area contributed by atoms with Gasteiger partial charge in [0.2, 0.25) is 0 Å². The average Bonchev–Trinajstić information content (AvgIpc) is 3.33. The van der Waals surface area contributed by atoms with Crippen molar-refractivity contribution in [1.82, 2.24) is 0 Å². The van der Waals surface area contributed by atoms with Crippen LogP contribution < -0.4 is 14.9 Å². The maximum Gasteiger partial charge on any atom is 2.00 e. The fourth-order valence-electron chi connectivity index (χ4n) is 6.61. The van der Waals surface area contributed by atoms with Crippen molar-refractivity contribution in [1.29, 1.82) is 0 Å². The summed E-state index contributed by atoms with van der Waals surface area (Å²) in [6, 6.07) is 27.3. The van der Waals surface area contributed by atoms with Gasteiger partial charge in [0, 0.05) is 16.5 Å². The van der Waals surface area contributed by atoms with Crippen molar-refractivity contribution in [2.75, 3.05) is 6.61 Å². The molecule has 1 aliphatic carbocycles. The number of aryl methyl sites for hydroxylation is 4. The number of ether oxygens (including phenoxy) is 1. The number of aliphatic imine (C=N–C) groups is 2. The Morgan fingerprint density at radius 3 is 1.43 bits per heavy atom. The molecule has 0 saturated carbocycles. The van der Waals surface area contributed by atoms with Crippen LogP contribution in [0.3, 0.4) is 0 Å². The predicted molar refractivity (Wildman–Crippen MR) is 207 cm³/mol. The van der Waals surface area contributed by atoms with E-state index in [0.29, 0.717) is 23.5 Å². The van der Waals surface area contributed by atoms with Crippen LogP contribution in [0.25, 0.3) is 10.8 Å². The molecule has 0 radical (unpaired) electrons. The van der Waals surface area contributed by atoms with E-state index >= 15 is 0 Å². The van der Waals surface area contributed by atoms with E-state index in [1.54, 1.807) is 6.07 Å². The SMILES string of the molecule is CCCOc1cc(C(C)(C)C)c([O-])c([O-])c1C(C)(C)C.Cc1cccc(C)c1/N=C1\C(=N\c2c(C)cccc2C)c2cccc3cccc1c23.[Ni+2]. The van der Waals surface area contributed by atoms with E-state index < -0.39 is 16.9 Å². The van der Waals surface area contributed by atoms with Crippen LogP contribution >= 0.6 is 0 Å². The van der Waals surface area contributed by atoms with Crippen molar-refractivity contribution in [3.8, 4) is 17.2 Å². The maximum atomic E-state index is 12.5. The Morgan fingerprint density at radius 2 is 1.04 bits per heavy atom. The summed E-state index contributed by atoms with van der Waals surface area (Å²) in [5.74, 6) is -0.254. The fourth-order valence-corrected chi connectivity index (χ4v) is 6.61. The van der Waals surface area contributed by atoms with Crippen molar-refractivity contribution in [3.63, 3.8) is 0 Å². The molecule has 0 aliphatic heterocycles. The molecular formula is C45H50N2NiO3. The molecule has 0 N–H and O–H groups in total. The molecule has 0 heterocycles. The molecule has 0 atom stereocenters. The number of hydrogen-bond acceptors (Lipinski definition) is 5. The molecule has 0 saturated heterocycles. The van der Waals surface area contributed by atoms with Crippen molar-refractivity contribution < 1.29 is 31.4 Å². The Labute approximate surface area is 314 Å². The molecule has 5 nitrogen and oxygen atoms in total. The molecular weight excluding hydrogens is 675 g/mol. The molecule has 0 amide bonds. The van der Waals surface area contributed by atoms with Crippen LogP contribution in [0.4, 0.5) is 11.4 Å². The molecule has 5 aromatic rings. The summed E-state index contributed by atoms with van der Waals surface area (Å²) >= 11 is 0. The van der Waals surface area contributed by atoms with Gasteiger partial charge in [-0.1, -0.05) is 121 Å². The molecule has 0 spiro atoms. The second kappa shape index (κ2) is 15.5. The van der Waals surface area contributed by atoms with E-state index in [2.05, 4.69) is 100 Å². The molecule has 0 bridgehead atoms. The minimum absolute atomic E-state index is 0. The molecule has 1 aliphatic rings. The number of benzene rings is 5. The largest absolute Gasteiger partial charge is 2.00 e. The van der Waals surface area contributed by atoms with E-state index in [4.69, 9.17) is 14.7 Å². The maximum absolute atomic E-state index is 12.5. The zero-order valence-electron chi connectivity index (χ0n) is 31.9. The van der Waals surface area contributed by atoms with Gasteiger partial charge < -0.3 is 14.9 Å². The van der Waals surface area contributed by atoms with Gasteiger partial charge >= 0.3 is 16.5 Å². The minimum Gasteiger partial charge on any atom is -0.873 e. The van der Waals surface area contributed by atoms with Crippen molar-refractivity contribution >= 4 is 33.6 Å². The minimum atomic E-state index is -0.420. The standard InChI is InChI=1S/C28H24N2.C17H28O3.Ni/c1-17-9-5-10-18(2)25(17)29-27-22-15-7-13-21-14-8-16-23(24(21)22)28(27)30-26-19(3)11-6-12-20(26)4;1-8-9-20-12-10-11(16(2,3)4)14(18)15(19)13(12)17(5,6)7;/h5-16H,1-4H3;10,18-19H,8-9H2,1-7H3;/q;;+2/p-2/b29-27-,30-28+;;. The second-order valence-electron chi connectivity index (χ2n) is 15.4. The van der Waals surface area contributed by atoms with Crippen LogP contribution in [0.2, 0.25) is 0 Å². The summed E-state index contributed by atoms with van der Waals surface area (Å²) < 4.78 is 5.75. The Hall–Kier alpha value is -4.41. The summed E-state index contributed by atoms with van der Waals surface area (Å²) in [7, 11) is 0. The van der Waals surface area contributed by atoms with Crippen LogP contribution in [0.15, 0.2) is 88.8 Å². The van der Waals surface area contributed by atoms with Crippen LogP contribution in [0.5, 0.6) is 17.2 Å². The van der Waals surface area contributed by atoms with Crippen molar-refractivity contribution in [2.24, 2.45) is 9.98 Å². The zero-order chi connectivity index (χ0) is 36.5. The van der Waals surface area contributed by atoms with Gasteiger partial charge in [0.1, 0.15) is 5.75 Å². The molecule has 6 rings (SSSR count). The third-order valence-corrected chi connectivity index (χ3v) is 9.18. The van der Waals surface area contributed by atoms with Crippen molar-refractivity contribution in [3.05, 3.63) is 123 Å². The fraction of sp³-hybridized carbons (Fsp3) is 0.333. The zero-order valence-corrected chi connectivity index (χ0v) is 32.8. The first-order valence-corrected chi connectivity index (χ1v) is 17.6. The first kappa shape index (κ1) is 39.4.